The first-order chi connectivity index (χ1) is 8.25. The lowest BCUT2D eigenvalue weighted by Crippen LogP contribution is -1.90. The smallest absolute Gasteiger partial charge is 0.215 e. The van der Waals surface area contributed by atoms with Gasteiger partial charge in [-0.3, -0.25) is 0 Å². The van der Waals surface area contributed by atoms with E-state index in [-0.39, 0.29) is 5.88 Å². The standard InChI is InChI=1S/C13H11N3O/c1-9-3-2-4-10(7-9)11-8-15-16-12(17)5-6-14-13(11)16/h2-8,17H,1H3. The van der Waals surface area contributed by atoms with Crippen molar-refractivity contribution in [2.24, 2.45) is 0 Å². The van der Waals surface area contributed by atoms with Crippen LogP contribution in [0.15, 0.2) is 42.7 Å². The Balaban J connectivity index is 2.28. The van der Waals surface area contributed by atoms with Gasteiger partial charge in [-0.2, -0.15) is 9.61 Å². The van der Waals surface area contributed by atoms with Crippen LogP contribution < -0.4 is 0 Å². The molecule has 4 heteroatoms. The van der Waals surface area contributed by atoms with Crippen molar-refractivity contribution in [1.82, 2.24) is 14.6 Å². The Morgan fingerprint density at radius 3 is 2.94 bits per heavy atom. The number of fused-ring (bicyclic) bond motifs is 1. The molecule has 0 atom stereocenters. The van der Waals surface area contributed by atoms with Crippen molar-refractivity contribution < 1.29 is 5.11 Å². The molecule has 0 saturated heterocycles. The summed E-state index contributed by atoms with van der Waals surface area (Å²) in [5.74, 6) is 0.0916. The lowest BCUT2D eigenvalue weighted by atomic mass is 10.1. The summed E-state index contributed by atoms with van der Waals surface area (Å²) in [7, 11) is 0. The second-order valence-electron chi connectivity index (χ2n) is 3.97. The monoisotopic (exact) mass is 225 g/mol. The SMILES string of the molecule is Cc1cccc(-c2cnn3c(O)ccnc23)c1. The number of nitrogens with zero attached hydrogens (tertiary/aromatic N) is 3. The van der Waals surface area contributed by atoms with E-state index in [1.165, 1.54) is 16.1 Å². The summed E-state index contributed by atoms with van der Waals surface area (Å²) in [6.07, 6.45) is 3.29. The molecule has 0 aliphatic rings. The molecule has 3 rings (SSSR count). The zero-order valence-electron chi connectivity index (χ0n) is 9.33. The third-order valence-electron chi connectivity index (χ3n) is 2.71. The van der Waals surface area contributed by atoms with E-state index in [4.69, 9.17) is 0 Å². The summed E-state index contributed by atoms with van der Waals surface area (Å²) in [5, 5.41) is 13.8. The Kier molecular flexibility index (Phi) is 2.08. The molecule has 2 heterocycles. The van der Waals surface area contributed by atoms with Gasteiger partial charge in [-0.1, -0.05) is 29.8 Å². The van der Waals surface area contributed by atoms with Gasteiger partial charge in [0.15, 0.2) is 5.65 Å². The molecule has 1 aromatic carbocycles. The second-order valence-corrected chi connectivity index (χ2v) is 3.97. The van der Waals surface area contributed by atoms with Gasteiger partial charge < -0.3 is 5.11 Å². The van der Waals surface area contributed by atoms with Crippen molar-refractivity contribution >= 4 is 5.65 Å². The van der Waals surface area contributed by atoms with Crippen molar-refractivity contribution in [3.63, 3.8) is 0 Å². The molecule has 0 saturated carbocycles. The predicted molar refractivity (Wildman–Crippen MR) is 64.8 cm³/mol. The summed E-state index contributed by atoms with van der Waals surface area (Å²) in [6, 6.07) is 9.63. The number of aromatic nitrogens is 3. The van der Waals surface area contributed by atoms with Gasteiger partial charge in [0.2, 0.25) is 5.88 Å². The molecule has 0 amide bonds. The van der Waals surface area contributed by atoms with Crippen LogP contribution in [0.3, 0.4) is 0 Å². The fourth-order valence-corrected chi connectivity index (χ4v) is 1.90. The first-order valence-electron chi connectivity index (χ1n) is 5.34. The van der Waals surface area contributed by atoms with Gasteiger partial charge in [0, 0.05) is 17.8 Å². The Hall–Kier alpha value is -2.36. The van der Waals surface area contributed by atoms with Gasteiger partial charge in [0.05, 0.1) is 6.20 Å². The van der Waals surface area contributed by atoms with E-state index < -0.39 is 0 Å². The van der Waals surface area contributed by atoms with Gasteiger partial charge in [0.1, 0.15) is 0 Å². The third-order valence-corrected chi connectivity index (χ3v) is 2.71. The number of hydrogen-bond acceptors (Lipinski definition) is 3. The zero-order valence-corrected chi connectivity index (χ0v) is 9.33. The molecule has 1 N–H and O–H groups in total. The number of benzene rings is 1. The van der Waals surface area contributed by atoms with Crippen LogP contribution in [-0.2, 0) is 0 Å². The van der Waals surface area contributed by atoms with Crippen LogP contribution >= 0.6 is 0 Å². The van der Waals surface area contributed by atoms with Crippen LogP contribution in [0.2, 0.25) is 0 Å². The Labute approximate surface area is 98.2 Å². The Morgan fingerprint density at radius 1 is 1.24 bits per heavy atom. The minimum absolute atomic E-state index is 0.0916. The normalized spacial score (nSPS) is 10.9. The van der Waals surface area contributed by atoms with Gasteiger partial charge in [0.25, 0.3) is 0 Å². The predicted octanol–water partition coefficient (Wildman–Crippen LogP) is 2.41. The van der Waals surface area contributed by atoms with E-state index in [0.717, 1.165) is 11.1 Å². The van der Waals surface area contributed by atoms with E-state index in [9.17, 15) is 5.11 Å². The lowest BCUT2D eigenvalue weighted by molar-refractivity contribution is 0.435. The molecule has 0 fully saturated rings. The number of aromatic hydroxyl groups is 1. The molecule has 2 aromatic heterocycles. The maximum Gasteiger partial charge on any atom is 0.215 e. The summed E-state index contributed by atoms with van der Waals surface area (Å²) >= 11 is 0. The minimum Gasteiger partial charge on any atom is -0.493 e. The quantitative estimate of drug-likeness (QED) is 0.691. The number of hydrogen-bond donors (Lipinski definition) is 1. The maximum absolute atomic E-state index is 9.65. The average Bonchev–Trinajstić information content (AvgIpc) is 2.74. The zero-order chi connectivity index (χ0) is 11.8. The molecular weight excluding hydrogens is 214 g/mol. The topological polar surface area (TPSA) is 50.4 Å². The van der Waals surface area contributed by atoms with E-state index in [2.05, 4.69) is 16.1 Å². The highest BCUT2D eigenvalue weighted by Crippen LogP contribution is 2.25. The summed E-state index contributed by atoms with van der Waals surface area (Å²) in [6.45, 7) is 2.04. The number of rotatable bonds is 1. The molecule has 3 aromatic rings. The molecule has 0 bridgehead atoms. The van der Waals surface area contributed by atoms with Crippen LogP contribution in [-0.4, -0.2) is 19.7 Å². The van der Waals surface area contributed by atoms with E-state index in [1.54, 1.807) is 12.4 Å². The molecule has 0 aliphatic carbocycles. The van der Waals surface area contributed by atoms with Crippen LogP contribution in [0.4, 0.5) is 0 Å². The first-order valence-corrected chi connectivity index (χ1v) is 5.34. The van der Waals surface area contributed by atoms with Crippen LogP contribution in [0.5, 0.6) is 5.88 Å². The molecule has 0 spiro atoms. The van der Waals surface area contributed by atoms with Gasteiger partial charge >= 0.3 is 0 Å². The highest BCUT2D eigenvalue weighted by atomic mass is 16.3. The van der Waals surface area contributed by atoms with E-state index in [1.807, 2.05) is 25.1 Å². The molecule has 17 heavy (non-hydrogen) atoms. The largest absolute Gasteiger partial charge is 0.493 e. The fraction of sp³-hybridized carbons (Fsp3) is 0.0769. The third kappa shape index (κ3) is 1.54. The van der Waals surface area contributed by atoms with Crippen molar-refractivity contribution in [3.05, 3.63) is 48.3 Å². The van der Waals surface area contributed by atoms with Gasteiger partial charge in [-0.25, -0.2) is 4.98 Å². The molecule has 4 nitrogen and oxygen atoms in total. The Morgan fingerprint density at radius 2 is 2.12 bits per heavy atom. The van der Waals surface area contributed by atoms with Crippen molar-refractivity contribution in [3.8, 4) is 17.0 Å². The van der Waals surface area contributed by atoms with Crippen LogP contribution in [0.25, 0.3) is 16.8 Å². The maximum atomic E-state index is 9.65. The summed E-state index contributed by atoms with van der Waals surface area (Å²) in [5.41, 5.74) is 3.82. The second kappa shape index (κ2) is 3.59. The highest BCUT2D eigenvalue weighted by Gasteiger charge is 2.09. The van der Waals surface area contributed by atoms with Crippen molar-refractivity contribution in [1.29, 1.82) is 0 Å². The average molecular weight is 225 g/mol. The molecule has 0 unspecified atom stereocenters. The summed E-state index contributed by atoms with van der Waals surface area (Å²) < 4.78 is 1.43. The van der Waals surface area contributed by atoms with Crippen LogP contribution in [0.1, 0.15) is 5.56 Å². The molecular formula is C13H11N3O. The lowest BCUT2D eigenvalue weighted by Gasteiger charge is -2.00. The van der Waals surface area contributed by atoms with E-state index in [0.29, 0.717) is 5.65 Å². The Bertz CT molecular complexity index is 688. The number of aryl methyl sites for hydroxylation is 1. The van der Waals surface area contributed by atoms with Crippen molar-refractivity contribution in [2.75, 3.05) is 0 Å². The van der Waals surface area contributed by atoms with Gasteiger partial charge in [-0.15, -0.1) is 0 Å². The molecule has 84 valence electrons. The van der Waals surface area contributed by atoms with Gasteiger partial charge in [-0.05, 0) is 12.5 Å². The van der Waals surface area contributed by atoms with E-state index >= 15 is 0 Å². The molecule has 0 aliphatic heterocycles. The first kappa shape index (κ1) is 9.84. The van der Waals surface area contributed by atoms with Crippen molar-refractivity contribution in [2.45, 2.75) is 6.92 Å². The summed E-state index contributed by atoms with van der Waals surface area (Å²) in [4.78, 5) is 4.25. The van der Waals surface area contributed by atoms with Crippen LogP contribution in [0, 0.1) is 6.92 Å². The highest BCUT2D eigenvalue weighted by molar-refractivity contribution is 5.77. The molecule has 0 radical (unpaired) electrons. The minimum atomic E-state index is 0.0916. The fourth-order valence-electron chi connectivity index (χ4n) is 1.90.